The molecule has 1 aliphatic rings. The average Bonchev–Trinajstić information content (AvgIpc) is 3.45. The number of carbonyl (C=O) groups excluding carboxylic acids is 2. The highest BCUT2D eigenvalue weighted by atomic mass is 32.2. The molecule has 0 saturated carbocycles. The number of rotatable bonds is 5. The molecule has 7 nitrogen and oxygen atoms in total. The van der Waals surface area contributed by atoms with E-state index in [4.69, 9.17) is 0 Å². The van der Waals surface area contributed by atoms with Crippen molar-refractivity contribution in [2.45, 2.75) is 30.7 Å². The molecule has 0 bridgehead atoms. The monoisotopic (exact) mass is 483 g/mol. The smallest absolute Gasteiger partial charge is 0.268 e. The molecule has 1 atom stereocenters. The van der Waals surface area contributed by atoms with Crippen LogP contribution in [0.3, 0.4) is 0 Å². The van der Waals surface area contributed by atoms with Crippen LogP contribution in [0.25, 0.3) is 11.3 Å². The fourth-order valence-electron chi connectivity index (χ4n) is 4.27. The summed E-state index contributed by atoms with van der Waals surface area (Å²) in [5.41, 5.74) is 1.18. The summed E-state index contributed by atoms with van der Waals surface area (Å²) in [5, 5.41) is 0. The molecule has 1 saturated heterocycles. The van der Waals surface area contributed by atoms with Crippen LogP contribution in [0, 0.1) is 12.7 Å². The largest absolute Gasteiger partial charge is 0.347 e. The summed E-state index contributed by atoms with van der Waals surface area (Å²) >= 11 is 0. The van der Waals surface area contributed by atoms with Gasteiger partial charge in [-0.2, -0.15) is 0 Å². The zero-order valence-corrected chi connectivity index (χ0v) is 20.0. The van der Waals surface area contributed by atoms with Gasteiger partial charge in [-0.15, -0.1) is 0 Å². The molecular formula is C25H26FN3O4S. The molecule has 0 N–H and O–H groups in total. The number of nitrogens with zero attached hydrogens (tertiary/aromatic N) is 3. The predicted molar refractivity (Wildman–Crippen MR) is 126 cm³/mol. The van der Waals surface area contributed by atoms with Crippen molar-refractivity contribution in [2.75, 3.05) is 20.6 Å². The van der Waals surface area contributed by atoms with Gasteiger partial charge in [0.1, 0.15) is 11.9 Å². The van der Waals surface area contributed by atoms with Gasteiger partial charge in [-0.3, -0.25) is 9.59 Å². The van der Waals surface area contributed by atoms with Crippen molar-refractivity contribution in [3.63, 3.8) is 0 Å². The first-order valence-electron chi connectivity index (χ1n) is 10.9. The van der Waals surface area contributed by atoms with Crippen molar-refractivity contribution >= 4 is 21.8 Å². The number of benzene rings is 2. The highest BCUT2D eigenvalue weighted by Crippen LogP contribution is 2.29. The van der Waals surface area contributed by atoms with Gasteiger partial charge in [0.15, 0.2) is 0 Å². The third-order valence-electron chi connectivity index (χ3n) is 5.95. The molecular weight excluding hydrogens is 457 g/mol. The summed E-state index contributed by atoms with van der Waals surface area (Å²) in [6.07, 6.45) is 2.69. The first kappa shape index (κ1) is 23.7. The number of amides is 2. The maximum absolute atomic E-state index is 14.5. The number of hydrogen-bond donors (Lipinski definition) is 0. The second-order valence-corrected chi connectivity index (χ2v) is 10.4. The topological polar surface area (TPSA) is 79.7 Å². The lowest BCUT2D eigenvalue weighted by Crippen LogP contribution is -2.45. The fraction of sp³-hybridized carbons (Fsp3) is 0.280. The van der Waals surface area contributed by atoms with Gasteiger partial charge in [0.05, 0.1) is 10.6 Å². The van der Waals surface area contributed by atoms with Gasteiger partial charge in [-0.05, 0) is 61.7 Å². The Morgan fingerprint density at radius 3 is 2.50 bits per heavy atom. The standard InChI is InChI=1S/C25H26FN3O4S/c1-17-14-23(20-10-4-5-11-21(20)26)29(16-17)34(32,33)19-9-6-8-18(15-19)24(30)28-13-7-12-22(28)25(31)27(2)3/h4-6,8-11,14-16,22H,7,12-13H2,1-3H3/t22-/m0/s1. The van der Waals surface area contributed by atoms with Gasteiger partial charge >= 0.3 is 0 Å². The molecule has 2 amide bonds. The lowest BCUT2D eigenvalue weighted by atomic mass is 10.1. The molecule has 2 aromatic carbocycles. The molecule has 0 unspecified atom stereocenters. The van der Waals surface area contributed by atoms with E-state index in [9.17, 15) is 22.4 Å². The summed E-state index contributed by atoms with van der Waals surface area (Å²) in [6.45, 7) is 2.15. The SMILES string of the molecule is Cc1cc(-c2ccccc2F)n(S(=O)(=O)c2cccc(C(=O)N3CCC[C@H]3C(=O)N(C)C)c2)c1. The Labute approximate surface area is 198 Å². The Morgan fingerprint density at radius 2 is 1.79 bits per heavy atom. The van der Waals surface area contributed by atoms with E-state index in [0.717, 1.165) is 3.97 Å². The molecule has 9 heteroatoms. The third-order valence-corrected chi connectivity index (χ3v) is 7.62. The van der Waals surface area contributed by atoms with E-state index in [1.54, 1.807) is 33.2 Å². The van der Waals surface area contributed by atoms with E-state index in [2.05, 4.69) is 0 Å². The Bertz CT molecular complexity index is 1360. The maximum Gasteiger partial charge on any atom is 0.268 e. The highest BCUT2D eigenvalue weighted by Gasteiger charge is 2.35. The Hall–Kier alpha value is -3.46. The van der Waals surface area contributed by atoms with Crippen LogP contribution < -0.4 is 0 Å². The number of aryl methyl sites for hydroxylation is 1. The molecule has 4 rings (SSSR count). The van der Waals surface area contributed by atoms with Crippen molar-refractivity contribution < 1.29 is 22.4 Å². The van der Waals surface area contributed by atoms with Crippen LogP contribution in [0.1, 0.15) is 28.8 Å². The number of carbonyl (C=O) groups is 2. The molecule has 0 spiro atoms. The highest BCUT2D eigenvalue weighted by molar-refractivity contribution is 7.90. The molecule has 1 aromatic heterocycles. The third kappa shape index (κ3) is 4.23. The van der Waals surface area contributed by atoms with E-state index in [0.29, 0.717) is 24.9 Å². The fourth-order valence-corrected chi connectivity index (χ4v) is 5.74. The van der Waals surface area contributed by atoms with E-state index in [-0.39, 0.29) is 27.6 Å². The van der Waals surface area contributed by atoms with Gasteiger partial charge < -0.3 is 9.80 Å². The Morgan fingerprint density at radius 1 is 1.06 bits per heavy atom. The molecule has 34 heavy (non-hydrogen) atoms. The van der Waals surface area contributed by atoms with Crippen LogP contribution in [-0.2, 0) is 14.8 Å². The maximum atomic E-state index is 14.5. The van der Waals surface area contributed by atoms with Crippen LogP contribution in [-0.4, -0.2) is 60.7 Å². The minimum atomic E-state index is -4.13. The normalized spacial score (nSPS) is 16.0. The molecule has 0 aliphatic carbocycles. The summed E-state index contributed by atoms with van der Waals surface area (Å²) in [4.78, 5) is 28.6. The average molecular weight is 484 g/mol. The van der Waals surface area contributed by atoms with Gasteiger partial charge in [-0.25, -0.2) is 16.8 Å². The van der Waals surface area contributed by atoms with Crippen molar-refractivity contribution in [1.82, 2.24) is 13.8 Å². The summed E-state index contributed by atoms with van der Waals surface area (Å²) < 4.78 is 42.6. The lowest BCUT2D eigenvalue weighted by molar-refractivity contribution is -0.132. The number of aromatic nitrogens is 1. The quantitative estimate of drug-likeness (QED) is 0.556. The van der Waals surface area contributed by atoms with E-state index < -0.39 is 27.8 Å². The van der Waals surface area contributed by atoms with Crippen LogP contribution in [0.15, 0.2) is 65.7 Å². The lowest BCUT2D eigenvalue weighted by Gasteiger charge is -2.26. The van der Waals surface area contributed by atoms with Crippen LogP contribution in [0.4, 0.5) is 4.39 Å². The van der Waals surface area contributed by atoms with Gasteiger partial charge in [-0.1, -0.05) is 18.2 Å². The molecule has 178 valence electrons. The zero-order valence-electron chi connectivity index (χ0n) is 19.2. The number of hydrogen-bond acceptors (Lipinski definition) is 4. The van der Waals surface area contributed by atoms with Crippen LogP contribution in [0.2, 0.25) is 0 Å². The predicted octanol–water partition coefficient (Wildman–Crippen LogP) is 3.53. The molecule has 2 heterocycles. The number of likely N-dealkylation sites (tertiary alicyclic amines) is 1. The second kappa shape index (κ2) is 9.06. The zero-order chi connectivity index (χ0) is 24.6. The van der Waals surface area contributed by atoms with Crippen molar-refractivity contribution in [2.24, 2.45) is 0 Å². The molecule has 1 fully saturated rings. The molecule has 1 aliphatic heterocycles. The van der Waals surface area contributed by atoms with Gasteiger partial charge in [0.25, 0.3) is 15.9 Å². The van der Waals surface area contributed by atoms with Gasteiger partial charge in [0.2, 0.25) is 5.91 Å². The van der Waals surface area contributed by atoms with Crippen LogP contribution >= 0.6 is 0 Å². The van der Waals surface area contributed by atoms with E-state index >= 15 is 0 Å². The number of halogens is 1. The van der Waals surface area contributed by atoms with E-state index in [1.165, 1.54) is 58.5 Å². The second-order valence-electron chi connectivity index (χ2n) is 8.60. The van der Waals surface area contributed by atoms with Crippen molar-refractivity contribution in [1.29, 1.82) is 0 Å². The Balaban J connectivity index is 1.72. The minimum Gasteiger partial charge on any atom is -0.347 e. The molecule has 3 aromatic rings. The molecule has 0 radical (unpaired) electrons. The first-order valence-corrected chi connectivity index (χ1v) is 12.4. The minimum absolute atomic E-state index is 0.0961. The summed E-state index contributed by atoms with van der Waals surface area (Å²) in [7, 11) is -0.849. The summed E-state index contributed by atoms with van der Waals surface area (Å²) in [6, 6.07) is 12.8. The van der Waals surface area contributed by atoms with E-state index in [1.807, 2.05) is 0 Å². The Kier molecular flexibility index (Phi) is 6.31. The van der Waals surface area contributed by atoms with Crippen molar-refractivity contribution in [3.8, 4) is 11.3 Å². The first-order chi connectivity index (χ1) is 16.1. The van der Waals surface area contributed by atoms with Crippen molar-refractivity contribution in [3.05, 3.63) is 77.7 Å². The summed E-state index contributed by atoms with van der Waals surface area (Å²) in [5.74, 6) is -1.09. The van der Waals surface area contributed by atoms with Gasteiger partial charge in [0, 0.05) is 38.0 Å². The van der Waals surface area contributed by atoms with Crippen LogP contribution in [0.5, 0.6) is 0 Å². The number of likely N-dealkylation sites (N-methyl/N-ethyl adjacent to an activating group) is 1.